The Kier molecular flexibility index (Phi) is 3.51. The van der Waals surface area contributed by atoms with Gasteiger partial charge in [0.15, 0.2) is 0 Å². The van der Waals surface area contributed by atoms with Crippen molar-refractivity contribution in [1.82, 2.24) is 0 Å². The Morgan fingerprint density at radius 1 is 1.24 bits per heavy atom. The molecule has 0 bridgehead atoms. The van der Waals surface area contributed by atoms with Crippen molar-refractivity contribution >= 4 is 11.5 Å². The van der Waals surface area contributed by atoms with Crippen molar-refractivity contribution in [2.24, 2.45) is 0 Å². The van der Waals surface area contributed by atoms with Gasteiger partial charge in [-0.2, -0.15) is 0 Å². The number of hydrogen-bond acceptors (Lipinski definition) is 2. The van der Waals surface area contributed by atoms with Gasteiger partial charge in [-0.25, -0.2) is 0 Å². The molecule has 1 unspecified atom stereocenters. The SMILES string of the molecule is Cc1cccc(C2CCCCC2=O)c1N(C)C. The summed E-state index contributed by atoms with van der Waals surface area (Å²) in [5.74, 6) is 0.547. The number of Topliss-reactive ketones (excluding diaryl/α,β-unsaturated/α-hetero) is 1. The molecule has 1 aliphatic rings. The van der Waals surface area contributed by atoms with Crippen molar-refractivity contribution in [2.45, 2.75) is 38.5 Å². The van der Waals surface area contributed by atoms with Gasteiger partial charge in [0.25, 0.3) is 0 Å². The lowest BCUT2D eigenvalue weighted by atomic mass is 9.81. The molecule has 1 atom stereocenters. The summed E-state index contributed by atoms with van der Waals surface area (Å²) in [6, 6.07) is 6.31. The summed E-state index contributed by atoms with van der Waals surface area (Å²) in [7, 11) is 4.11. The molecule has 2 heteroatoms. The average molecular weight is 231 g/mol. The van der Waals surface area contributed by atoms with Crippen LogP contribution in [0, 0.1) is 6.92 Å². The number of benzene rings is 1. The minimum Gasteiger partial charge on any atom is -0.377 e. The Hall–Kier alpha value is -1.31. The van der Waals surface area contributed by atoms with Gasteiger partial charge in [0.05, 0.1) is 0 Å². The molecule has 0 radical (unpaired) electrons. The molecular weight excluding hydrogens is 210 g/mol. The highest BCUT2D eigenvalue weighted by atomic mass is 16.1. The smallest absolute Gasteiger partial charge is 0.140 e. The second-order valence-electron chi connectivity index (χ2n) is 5.17. The molecule has 2 nitrogen and oxygen atoms in total. The average Bonchev–Trinajstić information content (AvgIpc) is 2.28. The Morgan fingerprint density at radius 2 is 2.00 bits per heavy atom. The normalized spacial score (nSPS) is 20.4. The molecule has 0 aliphatic heterocycles. The van der Waals surface area contributed by atoms with E-state index in [-0.39, 0.29) is 5.92 Å². The van der Waals surface area contributed by atoms with E-state index in [4.69, 9.17) is 0 Å². The van der Waals surface area contributed by atoms with E-state index in [2.05, 4.69) is 44.1 Å². The van der Waals surface area contributed by atoms with Crippen molar-refractivity contribution in [3.05, 3.63) is 29.3 Å². The Bertz CT molecular complexity index is 423. The second kappa shape index (κ2) is 4.91. The molecular formula is C15H21NO. The fourth-order valence-electron chi connectivity index (χ4n) is 2.89. The molecule has 1 fully saturated rings. The van der Waals surface area contributed by atoms with Crippen molar-refractivity contribution in [3.8, 4) is 0 Å². The van der Waals surface area contributed by atoms with E-state index in [0.29, 0.717) is 5.78 Å². The van der Waals surface area contributed by atoms with Crippen LogP contribution >= 0.6 is 0 Å². The third-order valence-electron chi connectivity index (χ3n) is 3.65. The summed E-state index contributed by atoms with van der Waals surface area (Å²) in [5.41, 5.74) is 3.71. The molecule has 0 spiro atoms. The Labute approximate surface area is 104 Å². The largest absolute Gasteiger partial charge is 0.377 e. The summed E-state index contributed by atoms with van der Waals surface area (Å²) in [4.78, 5) is 14.2. The maximum Gasteiger partial charge on any atom is 0.140 e. The van der Waals surface area contributed by atoms with E-state index < -0.39 is 0 Å². The van der Waals surface area contributed by atoms with Gasteiger partial charge in [-0.15, -0.1) is 0 Å². The fourth-order valence-corrected chi connectivity index (χ4v) is 2.89. The van der Waals surface area contributed by atoms with Crippen LogP contribution in [0.1, 0.15) is 42.7 Å². The van der Waals surface area contributed by atoms with Crippen LogP contribution in [-0.2, 0) is 4.79 Å². The third-order valence-corrected chi connectivity index (χ3v) is 3.65. The molecule has 0 heterocycles. The summed E-state index contributed by atoms with van der Waals surface area (Å²) in [5, 5.41) is 0. The third kappa shape index (κ3) is 2.36. The van der Waals surface area contributed by atoms with Gasteiger partial charge < -0.3 is 4.90 Å². The Balaban J connectivity index is 2.43. The van der Waals surface area contributed by atoms with Crippen LogP contribution in [-0.4, -0.2) is 19.9 Å². The van der Waals surface area contributed by atoms with E-state index in [1.54, 1.807) is 0 Å². The van der Waals surface area contributed by atoms with E-state index >= 15 is 0 Å². The predicted molar refractivity (Wildman–Crippen MR) is 71.7 cm³/mol. The number of para-hydroxylation sites is 1. The van der Waals surface area contributed by atoms with Crippen LogP contribution in [0.5, 0.6) is 0 Å². The first-order valence-corrected chi connectivity index (χ1v) is 6.41. The van der Waals surface area contributed by atoms with Crippen LogP contribution in [0.3, 0.4) is 0 Å². The number of hydrogen-bond donors (Lipinski definition) is 0. The first-order valence-electron chi connectivity index (χ1n) is 6.41. The minimum atomic E-state index is 0.126. The molecule has 17 heavy (non-hydrogen) atoms. The van der Waals surface area contributed by atoms with Gasteiger partial charge in [0.2, 0.25) is 0 Å². The van der Waals surface area contributed by atoms with Crippen LogP contribution in [0.25, 0.3) is 0 Å². The first kappa shape index (κ1) is 12.2. The number of aryl methyl sites for hydroxylation is 1. The van der Waals surface area contributed by atoms with Crippen molar-refractivity contribution in [1.29, 1.82) is 0 Å². The molecule has 2 rings (SSSR count). The maximum atomic E-state index is 12.1. The summed E-state index contributed by atoms with van der Waals surface area (Å²) in [6.45, 7) is 2.12. The summed E-state index contributed by atoms with van der Waals surface area (Å²) < 4.78 is 0. The quantitative estimate of drug-likeness (QED) is 0.778. The molecule has 0 N–H and O–H groups in total. The molecule has 0 aromatic heterocycles. The van der Waals surface area contributed by atoms with Gasteiger partial charge in [-0.05, 0) is 30.9 Å². The van der Waals surface area contributed by atoms with E-state index in [0.717, 1.165) is 19.3 Å². The van der Waals surface area contributed by atoms with Gasteiger partial charge in [0.1, 0.15) is 5.78 Å². The number of carbonyl (C=O) groups is 1. The highest BCUT2D eigenvalue weighted by Crippen LogP contribution is 2.36. The minimum absolute atomic E-state index is 0.126. The molecule has 1 aromatic rings. The van der Waals surface area contributed by atoms with E-state index in [1.807, 2.05) is 0 Å². The van der Waals surface area contributed by atoms with Gasteiger partial charge >= 0.3 is 0 Å². The van der Waals surface area contributed by atoms with Crippen molar-refractivity contribution < 1.29 is 4.79 Å². The number of carbonyl (C=O) groups excluding carboxylic acids is 1. The Morgan fingerprint density at radius 3 is 2.65 bits per heavy atom. The molecule has 92 valence electrons. The fraction of sp³-hybridized carbons (Fsp3) is 0.533. The predicted octanol–water partition coefficient (Wildman–Crippen LogP) is 3.29. The standard InChI is InChI=1S/C15H21NO/c1-11-7-6-9-13(15(11)16(2)3)12-8-4-5-10-14(12)17/h6-7,9,12H,4-5,8,10H2,1-3H3. The molecule has 0 saturated heterocycles. The van der Waals surface area contributed by atoms with Crippen LogP contribution in [0.2, 0.25) is 0 Å². The molecule has 1 aromatic carbocycles. The van der Waals surface area contributed by atoms with Crippen LogP contribution in [0.15, 0.2) is 18.2 Å². The molecule has 1 saturated carbocycles. The summed E-state index contributed by atoms with van der Waals surface area (Å²) >= 11 is 0. The lowest BCUT2D eigenvalue weighted by Gasteiger charge is -2.27. The highest BCUT2D eigenvalue weighted by Gasteiger charge is 2.26. The maximum absolute atomic E-state index is 12.1. The van der Waals surface area contributed by atoms with E-state index in [9.17, 15) is 4.79 Å². The highest BCUT2D eigenvalue weighted by molar-refractivity contribution is 5.88. The number of anilines is 1. The molecule has 1 aliphatic carbocycles. The lowest BCUT2D eigenvalue weighted by molar-refractivity contribution is -0.121. The topological polar surface area (TPSA) is 20.3 Å². The van der Waals surface area contributed by atoms with Gasteiger partial charge in [-0.1, -0.05) is 24.6 Å². The lowest BCUT2D eigenvalue weighted by Crippen LogP contribution is -2.21. The zero-order valence-electron chi connectivity index (χ0n) is 11.0. The number of rotatable bonds is 2. The number of ketones is 1. The van der Waals surface area contributed by atoms with Crippen molar-refractivity contribution in [3.63, 3.8) is 0 Å². The van der Waals surface area contributed by atoms with Gasteiger partial charge in [0, 0.05) is 32.1 Å². The van der Waals surface area contributed by atoms with Crippen molar-refractivity contribution in [2.75, 3.05) is 19.0 Å². The second-order valence-corrected chi connectivity index (χ2v) is 5.17. The molecule has 0 amide bonds. The zero-order valence-corrected chi connectivity index (χ0v) is 11.0. The number of nitrogens with zero attached hydrogens (tertiary/aromatic N) is 1. The van der Waals surface area contributed by atoms with Gasteiger partial charge in [-0.3, -0.25) is 4.79 Å². The monoisotopic (exact) mass is 231 g/mol. The van der Waals surface area contributed by atoms with E-state index in [1.165, 1.54) is 23.2 Å². The summed E-state index contributed by atoms with van der Waals surface area (Å²) in [6.07, 6.45) is 4.02. The van der Waals surface area contributed by atoms with Crippen LogP contribution in [0.4, 0.5) is 5.69 Å². The first-order chi connectivity index (χ1) is 8.11. The zero-order chi connectivity index (χ0) is 12.4. The van der Waals surface area contributed by atoms with Crippen LogP contribution < -0.4 is 4.90 Å².